The monoisotopic (exact) mass is 286 g/mol. The maximum absolute atomic E-state index is 5.88. The van der Waals surface area contributed by atoms with Gasteiger partial charge in [-0.3, -0.25) is 4.90 Å². The van der Waals surface area contributed by atoms with Crippen molar-refractivity contribution in [2.75, 3.05) is 52.1 Å². The van der Waals surface area contributed by atoms with E-state index in [0.717, 1.165) is 43.5 Å². The Morgan fingerprint density at radius 1 is 1.19 bits per heavy atom. The van der Waals surface area contributed by atoms with E-state index in [0.29, 0.717) is 18.3 Å². The number of nitrogens with two attached hydrogens (primary N) is 1. The first kappa shape index (κ1) is 14.1. The van der Waals surface area contributed by atoms with Gasteiger partial charge in [-0.05, 0) is 24.6 Å². The summed E-state index contributed by atoms with van der Waals surface area (Å²) in [5.41, 5.74) is 5.85. The molecule has 2 N–H and O–H groups in total. The molecular formula is C16H22N4O. The van der Waals surface area contributed by atoms with E-state index in [1.807, 2.05) is 30.3 Å². The van der Waals surface area contributed by atoms with Gasteiger partial charge in [0.1, 0.15) is 12.4 Å². The highest BCUT2D eigenvalue weighted by Crippen LogP contribution is 2.25. The Morgan fingerprint density at radius 2 is 1.95 bits per heavy atom. The number of nitrogen functional groups attached to an aromatic ring is 1. The molecule has 1 fully saturated rings. The topological polar surface area (TPSA) is 54.6 Å². The molecule has 21 heavy (non-hydrogen) atoms. The molecule has 2 heterocycles. The summed E-state index contributed by atoms with van der Waals surface area (Å²) in [6.45, 7) is 6.03. The van der Waals surface area contributed by atoms with Crippen molar-refractivity contribution in [1.82, 2.24) is 14.8 Å². The first-order valence-electron chi connectivity index (χ1n) is 7.41. The molecule has 0 unspecified atom stereocenters. The van der Waals surface area contributed by atoms with Crippen molar-refractivity contribution in [2.45, 2.75) is 0 Å². The van der Waals surface area contributed by atoms with Gasteiger partial charge >= 0.3 is 0 Å². The number of anilines is 1. The highest BCUT2D eigenvalue weighted by Gasteiger charge is 2.13. The SMILES string of the molecule is CN1CCN(CCOc2nc(N)cc3ccccc23)CC1. The van der Waals surface area contributed by atoms with Gasteiger partial charge in [0.2, 0.25) is 5.88 Å². The Labute approximate surface area is 125 Å². The van der Waals surface area contributed by atoms with Gasteiger partial charge in [-0.1, -0.05) is 18.2 Å². The average Bonchev–Trinajstić information content (AvgIpc) is 2.49. The van der Waals surface area contributed by atoms with Gasteiger partial charge in [0.05, 0.1) is 0 Å². The highest BCUT2D eigenvalue weighted by molar-refractivity contribution is 5.88. The van der Waals surface area contributed by atoms with Crippen LogP contribution in [0.2, 0.25) is 0 Å². The Hall–Kier alpha value is -1.85. The van der Waals surface area contributed by atoms with Gasteiger partial charge in [0, 0.05) is 38.1 Å². The summed E-state index contributed by atoms with van der Waals surface area (Å²) >= 11 is 0. The molecule has 0 bridgehead atoms. The molecule has 0 amide bonds. The second kappa shape index (κ2) is 6.28. The highest BCUT2D eigenvalue weighted by atomic mass is 16.5. The minimum atomic E-state index is 0.503. The van der Waals surface area contributed by atoms with Crippen LogP contribution in [0.1, 0.15) is 0 Å². The summed E-state index contributed by atoms with van der Waals surface area (Å²) in [5.74, 6) is 1.14. The zero-order valence-corrected chi connectivity index (χ0v) is 12.5. The Morgan fingerprint density at radius 3 is 2.76 bits per heavy atom. The summed E-state index contributed by atoms with van der Waals surface area (Å²) in [6.07, 6.45) is 0. The van der Waals surface area contributed by atoms with Crippen LogP contribution in [0.4, 0.5) is 5.82 Å². The van der Waals surface area contributed by atoms with Crippen LogP contribution in [0, 0.1) is 0 Å². The number of likely N-dealkylation sites (N-methyl/N-ethyl adjacent to an activating group) is 1. The van der Waals surface area contributed by atoms with Crippen molar-refractivity contribution >= 4 is 16.6 Å². The fourth-order valence-electron chi connectivity index (χ4n) is 2.64. The number of rotatable bonds is 4. The molecule has 3 rings (SSSR count). The van der Waals surface area contributed by atoms with Gasteiger partial charge in [0.15, 0.2) is 0 Å². The lowest BCUT2D eigenvalue weighted by Crippen LogP contribution is -2.45. The third kappa shape index (κ3) is 3.43. The van der Waals surface area contributed by atoms with E-state index in [4.69, 9.17) is 10.5 Å². The van der Waals surface area contributed by atoms with E-state index in [2.05, 4.69) is 21.8 Å². The van der Waals surface area contributed by atoms with Gasteiger partial charge in [-0.2, -0.15) is 4.98 Å². The maximum Gasteiger partial charge on any atom is 0.223 e. The minimum Gasteiger partial charge on any atom is -0.476 e. The molecule has 112 valence electrons. The first-order valence-corrected chi connectivity index (χ1v) is 7.41. The second-order valence-electron chi connectivity index (χ2n) is 5.57. The molecule has 1 aromatic carbocycles. The quantitative estimate of drug-likeness (QED) is 0.922. The lowest BCUT2D eigenvalue weighted by molar-refractivity contribution is 0.133. The lowest BCUT2D eigenvalue weighted by atomic mass is 10.2. The van der Waals surface area contributed by atoms with Crippen LogP contribution in [0.3, 0.4) is 0 Å². The maximum atomic E-state index is 5.88. The van der Waals surface area contributed by atoms with Crippen LogP contribution in [0.25, 0.3) is 10.8 Å². The standard InChI is InChI=1S/C16H22N4O/c1-19-6-8-20(9-7-19)10-11-21-16-14-5-3-2-4-13(14)12-15(17)18-16/h2-5,12H,6-11H2,1H3,(H2,17,18). The van der Waals surface area contributed by atoms with Crippen LogP contribution in [-0.4, -0.2) is 61.2 Å². The number of hydrogen-bond acceptors (Lipinski definition) is 5. The molecular weight excluding hydrogens is 264 g/mol. The third-order valence-corrected chi connectivity index (χ3v) is 3.97. The summed E-state index contributed by atoms with van der Waals surface area (Å²) in [6, 6.07) is 9.92. The molecule has 1 aliphatic heterocycles. The number of benzene rings is 1. The van der Waals surface area contributed by atoms with Crippen molar-refractivity contribution in [1.29, 1.82) is 0 Å². The Kier molecular flexibility index (Phi) is 4.22. The number of aromatic nitrogens is 1. The number of hydrogen-bond donors (Lipinski definition) is 1. The largest absolute Gasteiger partial charge is 0.476 e. The molecule has 2 aromatic rings. The zero-order chi connectivity index (χ0) is 14.7. The van der Waals surface area contributed by atoms with Crippen LogP contribution >= 0.6 is 0 Å². The fraction of sp³-hybridized carbons (Fsp3) is 0.438. The molecule has 1 aliphatic rings. The number of nitrogens with zero attached hydrogens (tertiary/aromatic N) is 3. The summed E-state index contributed by atoms with van der Waals surface area (Å²) in [7, 11) is 2.16. The number of piperazine rings is 1. The molecule has 1 saturated heterocycles. The van der Waals surface area contributed by atoms with Crippen molar-refractivity contribution < 1.29 is 4.74 Å². The smallest absolute Gasteiger partial charge is 0.223 e. The number of fused-ring (bicyclic) bond motifs is 1. The molecule has 5 nitrogen and oxygen atoms in total. The van der Waals surface area contributed by atoms with E-state index < -0.39 is 0 Å². The van der Waals surface area contributed by atoms with Crippen molar-refractivity contribution in [3.8, 4) is 5.88 Å². The molecule has 0 aliphatic carbocycles. The molecule has 0 atom stereocenters. The van der Waals surface area contributed by atoms with Crippen LogP contribution in [0.15, 0.2) is 30.3 Å². The van der Waals surface area contributed by atoms with E-state index >= 15 is 0 Å². The first-order chi connectivity index (χ1) is 10.2. The van der Waals surface area contributed by atoms with Gasteiger partial charge in [-0.25, -0.2) is 0 Å². The third-order valence-electron chi connectivity index (χ3n) is 3.97. The number of pyridine rings is 1. The summed E-state index contributed by atoms with van der Waals surface area (Å²) in [4.78, 5) is 9.10. The van der Waals surface area contributed by atoms with Crippen LogP contribution < -0.4 is 10.5 Å². The van der Waals surface area contributed by atoms with E-state index in [1.165, 1.54) is 0 Å². The van der Waals surface area contributed by atoms with Gasteiger partial charge in [-0.15, -0.1) is 0 Å². The van der Waals surface area contributed by atoms with E-state index in [-0.39, 0.29) is 0 Å². The van der Waals surface area contributed by atoms with Crippen LogP contribution in [0.5, 0.6) is 5.88 Å². The molecule has 0 saturated carbocycles. The molecule has 0 radical (unpaired) electrons. The van der Waals surface area contributed by atoms with Crippen molar-refractivity contribution in [3.05, 3.63) is 30.3 Å². The molecule has 1 aromatic heterocycles. The van der Waals surface area contributed by atoms with Crippen molar-refractivity contribution in [2.24, 2.45) is 0 Å². The molecule has 0 spiro atoms. The van der Waals surface area contributed by atoms with Gasteiger partial charge in [0.25, 0.3) is 0 Å². The number of ether oxygens (including phenoxy) is 1. The average molecular weight is 286 g/mol. The lowest BCUT2D eigenvalue weighted by Gasteiger charge is -2.32. The second-order valence-corrected chi connectivity index (χ2v) is 5.57. The predicted molar refractivity (Wildman–Crippen MR) is 85.6 cm³/mol. The van der Waals surface area contributed by atoms with Crippen molar-refractivity contribution in [3.63, 3.8) is 0 Å². The van der Waals surface area contributed by atoms with E-state index in [1.54, 1.807) is 0 Å². The Balaban J connectivity index is 1.63. The Bertz CT molecular complexity index is 608. The molecule has 5 heteroatoms. The zero-order valence-electron chi connectivity index (χ0n) is 12.5. The fourth-order valence-corrected chi connectivity index (χ4v) is 2.64. The van der Waals surface area contributed by atoms with E-state index in [9.17, 15) is 0 Å². The van der Waals surface area contributed by atoms with Gasteiger partial charge < -0.3 is 15.4 Å². The van der Waals surface area contributed by atoms with Crippen LogP contribution in [-0.2, 0) is 0 Å². The summed E-state index contributed by atoms with van der Waals surface area (Å²) < 4.78 is 5.88. The normalized spacial score (nSPS) is 17.2. The summed E-state index contributed by atoms with van der Waals surface area (Å²) in [5, 5.41) is 2.09. The predicted octanol–water partition coefficient (Wildman–Crippen LogP) is 1.44. The minimum absolute atomic E-state index is 0.503.